The van der Waals surface area contributed by atoms with E-state index in [1.807, 2.05) is 36.4 Å². The number of carbonyl (C=O) groups is 1. The predicted molar refractivity (Wildman–Crippen MR) is 127 cm³/mol. The number of nitrogens with zero attached hydrogens (tertiary/aromatic N) is 2. The fourth-order valence-electron chi connectivity index (χ4n) is 3.97. The summed E-state index contributed by atoms with van der Waals surface area (Å²) in [5.74, 6) is 0.897. The lowest BCUT2D eigenvalue weighted by Gasteiger charge is -2.32. The zero-order valence-electron chi connectivity index (χ0n) is 18.2. The van der Waals surface area contributed by atoms with Crippen molar-refractivity contribution in [2.75, 3.05) is 45.2 Å². The molecule has 0 aromatic heterocycles. The molecule has 0 radical (unpaired) electrons. The summed E-state index contributed by atoms with van der Waals surface area (Å²) in [5.41, 5.74) is 2.10. The van der Waals surface area contributed by atoms with E-state index in [9.17, 15) is 4.79 Å². The van der Waals surface area contributed by atoms with Crippen LogP contribution in [0.15, 0.2) is 66.7 Å². The summed E-state index contributed by atoms with van der Waals surface area (Å²) < 4.78 is 5.94. The van der Waals surface area contributed by atoms with Gasteiger partial charge in [0.2, 0.25) is 5.91 Å². The lowest BCUT2D eigenvalue weighted by molar-refractivity contribution is -0.116. The van der Waals surface area contributed by atoms with Gasteiger partial charge < -0.3 is 15.0 Å². The zero-order valence-corrected chi connectivity index (χ0v) is 18.2. The number of benzene rings is 3. The molecule has 5 nitrogen and oxygen atoms in total. The maximum absolute atomic E-state index is 12.4. The SMILES string of the molecule is CN1CCN(Cc2cccc(NC(=O)CCCOc3cccc4ccccc34)c2)CC1. The van der Waals surface area contributed by atoms with Gasteiger partial charge in [-0.15, -0.1) is 0 Å². The van der Waals surface area contributed by atoms with Crippen molar-refractivity contribution < 1.29 is 9.53 Å². The van der Waals surface area contributed by atoms with Crippen molar-refractivity contribution >= 4 is 22.4 Å². The van der Waals surface area contributed by atoms with Crippen LogP contribution in [0.2, 0.25) is 0 Å². The van der Waals surface area contributed by atoms with Gasteiger partial charge in [0.1, 0.15) is 5.75 Å². The number of fused-ring (bicyclic) bond motifs is 1. The van der Waals surface area contributed by atoms with E-state index in [1.54, 1.807) is 0 Å². The molecule has 3 aromatic carbocycles. The molecule has 5 heteroatoms. The summed E-state index contributed by atoms with van der Waals surface area (Å²) in [6, 6.07) is 22.4. The van der Waals surface area contributed by atoms with Gasteiger partial charge in [-0.25, -0.2) is 0 Å². The molecule has 3 aromatic rings. The highest BCUT2D eigenvalue weighted by Crippen LogP contribution is 2.25. The molecule has 1 aliphatic heterocycles. The number of rotatable bonds is 8. The molecule has 0 saturated carbocycles. The quantitative estimate of drug-likeness (QED) is 0.553. The minimum Gasteiger partial charge on any atom is -0.493 e. The normalized spacial score (nSPS) is 15.1. The maximum atomic E-state index is 12.4. The number of likely N-dealkylation sites (N-methyl/N-ethyl adjacent to an activating group) is 1. The second kappa shape index (κ2) is 10.4. The molecule has 1 heterocycles. The number of amides is 1. The summed E-state index contributed by atoms with van der Waals surface area (Å²) in [5, 5.41) is 5.30. The van der Waals surface area contributed by atoms with Crippen LogP contribution in [0.3, 0.4) is 0 Å². The van der Waals surface area contributed by atoms with Crippen LogP contribution in [0.4, 0.5) is 5.69 Å². The van der Waals surface area contributed by atoms with Crippen LogP contribution in [-0.2, 0) is 11.3 Å². The number of hydrogen-bond donors (Lipinski definition) is 1. The van der Waals surface area contributed by atoms with Crippen LogP contribution in [-0.4, -0.2) is 55.5 Å². The van der Waals surface area contributed by atoms with Crippen molar-refractivity contribution in [1.82, 2.24) is 9.80 Å². The molecule has 1 aliphatic rings. The molecular weight excluding hydrogens is 386 g/mol. The van der Waals surface area contributed by atoms with E-state index in [0.29, 0.717) is 19.4 Å². The topological polar surface area (TPSA) is 44.8 Å². The Morgan fingerprint density at radius 1 is 0.968 bits per heavy atom. The summed E-state index contributed by atoms with van der Waals surface area (Å²) in [4.78, 5) is 17.2. The van der Waals surface area contributed by atoms with Crippen LogP contribution >= 0.6 is 0 Å². The molecule has 1 N–H and O–H groups in total. The highest BCUT2D eigenvalue weighted by Gasteiger charge is 2.14. The van der Waals surface area contributed by atoms with E-state index in [4.69, 9.17) is 4.74 Å². The Bertz CT molecular complexity index is 1010. The standard InChI is InChI=1S/C26H31N3O2/c1-28-14-16-29(17-15-28)20-21-7-4-10-23(19-21)27-26(30)13-6-18-31-25-12-5-9-22-8-2-3-11-24(22)25/h2-5,7-12,19H,6,13-18,20H2,1H3,(H,27,30). The summed E-state index contributed by atoms with van der Waals surface area (Å²) in [6.45, 7) is 5.84. The van der Waals surface area contributed by atoms with Gasteiger partial charge in [0.15, 0.2) is 0 Å². The van der Waals surface area contributed by atoms with E-state index in [2.05, 4.69) is 52.5 Å². The van der Waals surface area contributed by atoms with Crippen LogP contribution < -0.4 is 10.1 Å². The molecule has 4 rings (SSSR count). The predicted octanol–water partition coefficient (Wildman–Crippen LogP) is 4.38. The summed E-state index contributed by atoms with van der Waals surface area (Å²) in [6.07, 6.45) is 1.11. The lowest BCUT2D eigenvalue weighted by Crippen LogP contribution is -2.43. The first kappa shape index (κ1) is 21.3. The Balaban J connectivity index is 1.22. The Hall–Kier alpha value is -2.89. The van der Waals surface area contributed by atoms with E-state index in [0.717, 1.165) is 54.9 Å². The molecule has 162 valence electrons. The second-order valence-electron chi connectivity index (χ2n) is 8.26. The Kier molecular flexibility index (Phi) is 7.18. The molecule has 31 heavy (non-hydrogen) atoms. The monoisotopic (exact) mass is 417 g/mol. The van der Waals surface area contributed by atoms with Gasteiger partial charge in [0, 0.05) is 50.2 Å². The first-order valence-corrected chi connectivity index (χ1v) is 11.1. The third kappa shape index (κ3) is 6.06. The van der Waals surface area contributed by atoms with Crippen molar-refractivity contribution in [3.05, 3.63) is 72.3 Å². The van der Waals surface area contributed by atoms with Crippen molar-refractivity contribution in [1.29, 1.82) is 0 Å². The van der Waals surface area contributed by atoms with Crippen LogP contribution in [0.1, 0.15) is 18.4 Å². The number of carbonyl (C=O) groups excluding carboxylic acids is 1. The van der Waals surface area contributed by atoms with E-state index < -0.39 is 0 Å². The smallest absolute Gasteiger partial charge is 0.224 e. The van der Waals surface area contributed by atoms with Crippen molar-refractivity contribution in [2.45, 2.75) is 19.4 Å². The molecule has 0 atom stereocenters. The van der Waals surface area contributed by atoms with Crippen molar-refractivity contribution in [2.24, 2.45) is 0 Å². The Labute approximate surface area is 184 Å². The first-order chi connectivity index (χ1) is 15.2. The minimum absolute atomic E-state index is 0.0262. The largest absolute Gasteiger partial charge is 0.493 e. The van der Waals surface area contributed by atoms with Gasteiger partial charge in [-0.1, -0.05) is 48.5 Å². The molecule has 1 saturated heterocycles. The van der Waals surface area contributed by atoms with Gasteiger partial charge in [-0.3, -0.25) is 9.69 Å². The number of hydrogen-bond acceptors (Lipinski definition) is 4. The third-order valence-electron chi connectivity index (χ3n) is 5.77. The average Bonchev–Trinajstić information content (AvgIpc) is 2.79. The molecular formula is C26H31N3O2. The summed E-state index contributed by atoms with van der Waals surface area (Å²) in [7, 11) is 2.17. The highest BCUT2D eigenvalue weighted by atomic mass is 16.5. The van der Waals surface area contributed by atoms with E-state index in [-0.39, 0.29) is 5.91 Å². The number of ether oxygens (including phenoxy) is 1. The minimum atomic E-state index is 0.0262. The van der Waals surface area contributed by atoms with Crippen LogP contribution in [0.25, 0.3) is 10.8 Å². The van der Waals surface area contributed by atoms with Crippen molar-refractivity contribution in [3.8, 4) is 5.75 Å². The Morgan fingerprint density at radius 3 is 2.61 bits per heavy atom. The summed E-state index contributed by atoms with van der Waals surface area (Å²) >= 11 is 0. The van der Waals surface area contributed by atoms with Crippen LogP contribution in [0.5, 0.6) is 5.75 Å². The fraction of sp³-hybridized carbons (Fsp3) is 0.346. The molecule has 1 amide bonds. The number of anilines is 1. The molecule has 0 unspecified atom stereocenters. The zero-order chi connectivity index (χ0) is 21.5. The average molecular weight is 418 g/mol. The van der Waals surface area contributed by atoms with Gasteiger partial charge in [0.25, 0.3) is 0 Å². The highest BCUT2D eigenvalue weighted by molar-refractivity contribution is 5.90. The fourth-order valence-corrected chi connectivity index (χ4v) is 3.97. The first-order valence-electron chi connectivity index (χ1n) is 11.1. The number of nitrogens with one attached hydrogen (secondary N) is 1. The Morgan fingerprint density at radius 2 is 1.74 bits per heavy atom. The molecule has 1 fully saturated rings. The second-order valence-corrected chi connectivity index (χ2v) is 8.26. The van der Waals surface area contributed by atoms with Gasteiger partial charge >= 0.3 is 0 Å². The van der Waals surface area contributed by atoms with Gasteiger partial charge in [0.05, 0.1) is 6.61 Å². The van der Waals surface area contributed by atoms with E-state index >= 15 is 0 Å². The molecule has 0 spiro atoms. The molecule has 0 aliphatic carbocycles. The third-order valence-corrected chi connectivity index (χ3v) is 5.77. The van der Waals surface area contributed by atoms with Gasteiger partial charge in [-0.05, 0) is 42.6 Å². The molecule has 0 bridgehead atoms. The lowest BCUT2D eigenvalue weighted by atomic mass is 10.1. The van der Waals surface area contributed by atoms with Gasteiger partial charge in [-0.2, -0.15) is 0 Å². The number of piperazine rings is 1. The van der Waals surface area contributed by atoms with Crippen LogP contribution in [0, 0.1) is 0 Å². The maximum Gasteiger partial charge on any atom is 0.224 e. The van der Waals surface area contributed by atoms with E-state index in [1.165, 1.54) is 5.56 Å². The van der Waals surface area contributed by atoms with Crippen molar-refractivity contribution in [3.63, 3.8) is 0 Å².